The Kier molecular flexibility index (Phi) is 4.11. The van der Waals surface area contributed by atoms with E-state index < -0.39 is 0 Å². The quantitative estimate of drug-likeness (QED) is 0.710. The van der Waals surface area contributed by atoms with E-state index in [1.165, 1.54) is 22.3 Å². The minimum absolute atomic E-state index is 0.0528. The number of benzene rings is 1. The second-order valence-electron chi connectivity index (χ2n) is 6.40. The van der Waals surface area contributed by atoms with Gasteiger partial charge in [-0.3, -0.25) is 4.79 Å². The molecule has 0 saturated heterocycles. The van der Waals surface area contributed by atoms with E-state index in [0.717, 1.165) is 29.8 Å². The first kappa shape index (κ1) is 15.3. The van der Waals surface area contributed by atoms with Crippen LogP contribution >= 0.6 is 11.6 Å². The Bertz CT molecular complexity index is 598. The highest BCUT2D eigenvalue weighted by molar-refractivity contribution is 6.33. The molecule has 0 aromatic heterocycles. The Balaban J connectivity index is 2.59. The van der Waals surface area contributed by atoms with Crippen molar-refractivity contribution in [1.82, 2.24) is 0 Å². The second kappa shape index (κ2) is 5.37. The SMILES string of the molecule is CCC1(C)Cc2c(C)c(C)c(/C=C/C(C)=O)c(Cl)c2C1. The van der Waals surface area contributed by atoms with Gasteiger partial charge in [-0.2, -0.15) is 0 Å². The molecule has 1 unspecified atom stereocenters. The summed E-state index contributed by atoms with van der Waals surface area (Å²) in [4.78, 5) is 11.2. The molecule has 1 aromatic carbocycles. The molecule has 0 saturated carbocycles. The van der Waals surface area contributed by atoms with Crippen LogP contribution in [0.25, 0.3) is 6.08 Å². The van der Waals surface area contributed by atoms with Gasteiger partial charge in [-0.15, -0.1) is 0 Å². The molecule has 108 valence electrons. The monoisotopic (exact) mass is 290 g/mol. The fraction of sp³-hybridized carbons (Fsp3) is 0.500. The summed E-state index contributed by atoms with van der Waals surface area (Å²) < 4.78 is 0. The van der Waals surface area contributed by atoms with E-state index in [-0.39, 0.29) is 5.78 Å². The molecule has 1 nitrogen and oxygen atoms in total. The van der Waals surface area contributed by atoms with Gasteiger partial charge >= 0.3 is 0 Å². The van der Waals surface area contributed by atoms with Crippen LogP contribution in [0.1, 0.15) is 55.0 Å². The first-order valence-electron chi connectivity index (χ1n) is 7.28. The van der Waals surface area contributed by atoms with Crippen LogP contribution in [0.5, 0.6) is 0 Å². The predicted octanol–water partition coefficient (Wildman–Crippen LogP) is 5.07. The average Bonchev–Trinajstić information content (AvgIpc) is 2.75. The van der Waals surface area contributed by atoms with E-state index in [9.17, 15) is 4.79 Å². The standard InChI is InChI=1S/C18H23ClO/c1-6-18(5)9-15-13(4)12(3)14(8-7-11(2)20)17(19)16(15)10-18/h7-8H,6,9-10H2,1-5H3/b8-7+. The van der Waals surface area contributed by atoms with Gasteiger partial charge in [-0.1, -0.05) is 31.9 Å². The Morgan fingerprint density at radius 2 is 1.85 bits per heavy atom. The Hall–Kier alpha value is -1.08. The van der Waals surface area contributed by atoms with Gasteiger partial charge < -0.3 is 0 Å². The highest BCUT2D eigenvalue weighted by Crippen LogP contribution is 2.46. The molecule has 1 aliphatic rings. The number of hydrogen-bond donors (Lipinski definition) is 0. The minimum Gasteiger partial charge on any atom is -0.295 e. The number of fused-ring (bicyclic) bond motifs is 1. The van der Waals surface area contributed by atoms with Crippen molar-refractivity contribution in [3.63, 3.8) is 0 Å². The summed E-state index contributed by atoms with van der Waals surface area (Å²) in [6, 6.07) is 0. The maximum absolute atomic E-state index is 11.2. The van der Waals surface area contributed by atoms with Crippen LogP contribution in [0.15, 0.2) is 6.08 Å². The Labute approximate surface area is 127 Å². The number of rotatable bonds is 3. The molecular formula is C18H23ClO. The van der Waals surface area contributed by atoms with Crippen LogP contribution in [-0.2, 0) is 17.6 Å². The van der Waals surface area contributed by atoms with E-state index >= 15 is 0 Å². The van der Waals surface area contributed by atoms with Crippen LogP contribution in [-0.4, -0.2) is 5.78 Å². The number of carbonyl (C=O) groups excluding carboxylic acids is 1. The fourth-order valence-electron chi connectivity index (χ4n) is 3.10. The minimum atomic E-state index is 0.0528. The van der Waals surface area contributed by atoms with Gasteiger partial charge in [0, 0.05) is 0 Å². The van der Waals surface area contributed by atoms with Crippen LogP contribution in [0, 0.1) is 19.3 Å². The molecule has 20 heavy (non-hydrogen) atoms. The first-order chi connectivity index (χ1) is 9.29. The molecular weight excluding hydrogens is 268 g/mol. The molecule has 1 aliphatic carbocycles. The summed E-state index contributed by atoms with van der Waals surface area (Å²) in [6.07, 6.45) is 6.79. The molecule has 2 heteroatoms. The lowest BCUT2D eigenvalue weighted by Gasteiger charge is -2.20. The predicted molar refractivity (Wildman–Crippen MR) is 86.4 cm³/mol. The van der Waals surface area contributed by atoms with Crippen molar-refractivity contribution in [2.75, 3.05) is 0 Å². The molecule has 0 fully saturated rings. The molecule has 2 rings (SSSR count). The maximum atomic E-state index is 11.2. The van der Waals surface area contributed by atoms with Crippen molar-refractivity contribution in [3.05, 3.63) is 38.9 Å². The van der Waals surface area contributed by atoms with E-state index in [2.05, 4.69) is 27.7 Å². The molecule has 0 aliphatic heterocycles. The average molecular weight is 291 g/mol. The van der Waals surface area contributed by atoms with Gasteiger partial charge in [-0.25, -0.2) is 0 Å². The third-order valence-electron chi connectivity index (χ3n) is 4.83. The summed E-state index contributed by atoms with van der Waals surface area (Å²) in [6.45, 7) is 10.4. The first-order valence-corrected chi connectivity index (χ1v) is 7.66. The van der Waals surface area contributed by atoms with Gasteiger partial charge in [-0.05, 0) is 79.0 Å². The zero-order valence-electron chi connectivity index (χ0n) is 13.1. The molecule has 1 aromatic rings. The smallest absolute Gasteiger partial charge is 0.152 e. The van der Waals surface area contributed by atoms with Crippen LogP contribution in [0.3, 0.4) is 0 Å². The molecule has 0 heterocycles. The van der Waals surface area contributed by atoms with Crippen LogP contribution in [0.4, 0.5) is 0 Å². The van der Waals surface area contributed by atoms with E-state index in [1.54, 1.807) is 13.0 Å². The molecule has 1 atom stereocenters. The van der Waals surface area contributed by atoms with Gasteiger partial charge in [0.2, 0.25) is 0 Å². The summed E-state index contributed by atoms with van der Waals surface area (Å²) in [5.41, 5.74) is 6.60. The van der Waals surface area contributed by atoms with Crippen LogP contribution < -0.4 is 0 Å². The van der Waals surface area contributed by atoms with Crippen molar-refractivity contribution in [3.8, 4) is 0 Å². The Morgan fingerprint density at radius 3 is 2.40 bits per heavy atom. The zero-order valence-corrected chi connectivity index (χ0v) is 13.8. The number of carbonyl (C=O) groups is 1. The number of hydrogen-bond acceptors (Lipinski definition) is 1. The third kappa shape index (κ3) is 2.56. The number of ketones is 1. The van der Waals surface area contributed by atoms with Crippen molar-refractivity contribution in [2.45, 2.75) is 53.9 Å². The lowest BCUT2D eigenvalue weighted by Crippen LogP contribution is -2.14. The molecule has 0 amide bonds. The van der Waals surface area contributed by atoms with Crippen molar-refractivity contribution in [1.29, 1.82) is 0 Å². The van der Waals surface area contributed by atoms with Gasteiger partial charge in [0.1, 0.15) is 0 Å². The maximum Gasteiger partial charge on any atom is 0.152 e. The Morgan fingerprint density at radius 1 is 1.25 bits per heavy atom. The summed E-state index contributed by atoms with van der Waals surface area (Å²) in [5.74, 6) is 0.0528. The fourth-order valence-corrected chi connectivity index (χ4v) is 3.49. The summed E-state index contributed by atoms with van der Waals surface area (Å²) >= 11 is 6.64. The largest absolute Gasteiger partial charge is 0.295 e. The summed E-state index contributed by atoms with van der Waals surface area (Å²) in [5, 5.41) is 0.845. The molecule has 0 bridgehead atoms. The highest BCUT2D eigenvalue weighted by Gasteiger charge is 2.34. The van der Waals surface area contributed by atoms with E-state index in [0.29, 0.717) is 5.41 Å². The molecule has 0 radical (unpaired) electrons. The molecule has 0 spiro atoms. The third-order valence-corrected chi connectivity index (χ3v) is 5.26. The molecule has 0 N–H and O–H groups in total. The number of allylic oxidation sites excluding steroid dienone is 1. The van der Waals surface area contributed by atoms with Crippen molar-refractivity contribution in [2.24, 2.45) is 5.41 Å². The topological polar surface area (TPSA) is 17.1 Å². The van der Waals surface area contributed by atoms with E-state index in [4.69, 9.17) is 11.6 Å². The van der Waals surface area contributed by atoms with E-state index in [1.807, 2.05) is 6.08 Å². The lowest BCUT2D eigenvalue weighted by molar-refractivity contribution is -0.112. The second-order valence-corrected chi connectivity index (χ2v) is 6.77. The van der Waals surface area contributed by atoms with Gasteiger partial charge in [0.05, 0.1) is 5.02 Å². The van der Waals surface area contributed by atoms with Gasteiger partial charge in [0.15, 0.2) is 5.78 Å². The zero-order chi connectivity index (χ0) is 15.1. The lowest BCUT2D eigenvalue weighted by atomic mass is 9.84. The summed E-state index contributed by atoms with van der Waals surface area (Å²) in [7, 11) is 0. The number of halogens is 1. The van der Waals surface area contributed by atoms with Crippen molar-refractivity contribution >= 4 is 23.5 Å². The highest BCUT2D eigenvalue weighted by atomic mass is 35.5. The van der Waals surface area contributed by atoms with Gasteiger partial charge in [0.25, 0.3) is 0 Å². The van der Waals surface area contributed by atoms with Crippen LogP contribution in [0.2, 0.25) is 5.02 Å². The van der Waals surface area contributed by atoms with Crippen molar-refractivity contribution < 1.29 is 4.79 Å². The normalized spacial score (nSPS) is 21.5.